The summed E-state index contributed by atoms with van der Waals surface area (Å²) < 4.78 is 40.3. The zero-order valence-electron chi connectivity index (χ0n) is 16.1. The lowest BCUT2D eigenvalue weighted by atomic mass is 10.0. The average Bonchev–Trinajstić information content (AvgIpc) is 3.18. The molecule has 0 radical (unpaired) electrons. The Labute approximate surface area is 166 Å². The highest BCUT2D eigenvalue weighted by Crippen LogP contribution is 2.30. The summed E-state index contributed by atoms with van der Waals surface area (Å²) in [5.41, 5.74) is 0.238. The lowest BCUT2D eigenvalue weighted by Crippen LogP contribution is -2.34. The van der Waals surface area contributed by atoms with E-state index in [1.165, 1.54) is 17.0 Å². The van der Waals surface area contributed by atoms with Gasteiger partial charge in [0.15, 0.2) is 5.69 Å². The first-order valence-corrected chi connectivity index (χ1v) is 9.44. The smallest absolute Gasteiger partial charge is 0.395 e. The van der Waals surface area contributed by atoms with Crippen LogP contribution >= 0.6 is 0 Å². The van der Waals surface area contributed by atoms with Crippen LogP contribution in [0.25, 0.3) is 0 Å². The molecule has 0 atom stereocenters. The van der Waals surface area contributed by atoms with E-state index in [0.717, 1.165) is 18.9 Å². The standard InChI is InChI=1S/C19H24F3N5O2/c1-25(9-10-28)18(29)17-13-27(24-23-17)16-5-7-26(8-6-16)12-14-3-2-4-15(11-14)19(20,21)22/h2-4,11,13,16,28H,5-10,12H2,1H3. The molecule has 1 aromatic heterocycles. The van der Waals surface area contributed by atoms with Crippen LogP contribution in [0.2, 0.25) is 0 Å². The van der Waals surface area contributed by atoms with Gasteiger partial charge < -0.3 is 10.0 Å². The largest absolute Gasteiger partial charge is 0.416 e. The van der Waals surface area contributed by atoms with Crippen molar-refractivity contribution >= 4 is 5.91 Å². The SMILES string of the molecule is CN(CCO)C(=O)c1cn(C2CCN(Cc3cccc(C(F)(F)F)c3)CC2)nn1. The summed E-state index contributed by atoms with van der Waals surface area (Å²) >= 11 is 0. The predicted octanol–water partition coefficient (Wildman–Crippen LogP) is 2.20. The number of alkyl halides is 3. The zero-order chi connectivity index (χ0) is 21.0. The summed E-state index contributed by atoms with van der Waals surface area (Å²) in [4.78, 5) is 15.7. The third-order valence-corrected chi connectivity index (χ3v) is 5.10. The van der Waals surface area contributed by atoms with Gasteiger partial charge in [0.1, 0.15) is 0 Å². The van der Waals surface area contributed by atoms with Crippen LogP contribution in [0.1, 0.15) is 40.5 Å². The fraction of sp³-hybridized carbons (Fsp3) is 0.526. The number of hydrogen-bond donors (Lipinski definition) is 1. The first kappa shape index (κ1) is 21.3. The van der Waals surface area contributed by atoms with Crippen molar-refractivity contribution in [3.05, 3.63) is 47.3 Å². The maximum Gasteiger partial charge on any atom is 0.416 e. The molecule has 0 spiro atoms. The second kappa shape index (κ2) is 8.91. The molecule has 2 aromatic rings. The van der Waals surface area contributed by atoms with Gasteiger partial charge in [-0.05, 0) is 24.5 Å². The highest BCUT2D eigenvalue weighted by Gasteiger charge is 2.30. The molecule has 1 fully saturated rings. The molecule has 1 aliphatic rings. The van der Waals surface area contributed by atoms with Gasteiger partial charge in [0.05, 0.1) is 24.4 Å². The second-order valence-corrected chi connectivity index (χ2v) is 7.24. The molecule has 1 aliphatic heterocycles. The van der Waals surface area contributed by atoms with E-state index in [-0.39, 0.29) is 30.8 Å². The van der Waals surface area contributed by atoms with E-state index >= 15 is 0 Å². The monoisotopic (exact) mass is 411 g/mol. The van der Waals surface area contributed by atoms with Gasteiger partial charge in [0.25, 0.3) is 5.91 Å². The number of aromatic nitrogens is 3. The first-order chi connectivity index (χ1) is 13.8. The number of carbonyl (C=O) groups excluding carboxylic acids is 1. The van der Waals surface area contributed by atoms with Crippen molar-refractivity contribution < 1.29 is 23.1 Å². The molecule has 1 saturated heterocycles. The van der Waals surface area contributed by atoms with Gasteiger partial charge in [0.2, 0.25) is 0 Å². The molecule has 1 aromatic carbocycles. The fourth-order valence-electron chi connectivity index (χ4n) is 3.45. The molecule has 158 valence electrons. The Balaban J connectivity index is 1.55. The number of carbonyl (C=O) groups is 1. The highest BCUT2D eigenvalue weighted by molar-refractivity contribution is 5.91. The molecule has 10 heteroatoms. The summed E-state index contributed by atoms with van der Waals surface area (Å²) in [5, 5.41) is 16.9. The van der Waals surface area contributed by atoms with Gasteiger partial charge >= 0.3 is 6.18 Å². The van der Waals surface area contributed by atoms with E-state index < -0.39 is 11.7 Å². The Hall–Kier alpha value is -2.46. The Bertz CT molecular complexity index is 831. The minimum atomic E-state index is -4.34. The number of rotatable bonds is 6. The second-order valence-electron chi connectivity index (χ2n) is 7.24. The van der Waals surface area contributed by atoms with Gasteiger partial charge in [-0.15, -0.1) is 5.10 Å². The summed E-state index contributed by atoms with van der Waals surface area (Å²) in [6.07, 6.45) is -1.19. The first-order valence-electron chi connectivity index (χ1n) is 9.44. The summed E-state index contributed by atoms with van der Waals surface area (Å²) in [6, 6.07) is 5.51. The minimum Gasteiger partial charge on any atom is -0.395 e. The molecule has 0 bridgehead atoms. The van der Waals surface area contributed by atoms with Crippen molar-refractivity contribution in [2.75, 3.05) is 33.3 Å². The van der Waals surface area contributed by atoms with Crippen LogP contribution in [0.5, 0.6) is 0 Å². The number of nitrogens with zero attached hydrogens (tertiary/aromatic N) is 5. The maximum absolute atomic E-state index is 12.9. The number of benzene rings is 1. The van der Waals surface area contributed by atoms with Crippen LogP contribution in [-0.4, -0.2) is 69.1 Å². The molecule has 3 rings (SSSR count). The van der Waals surface area contributed by atoms with Crippen molar-refractivity contribution in [3.8, 4) is 0 Å². The maximum atomic E-state index is 12.9. The zero-order valence-corrected chi connectivity index (χ0v) is 16.1. The van der Waals surface area contributed by atoms with Gasteiger partial charge in [-0.25, -0.2) is 4.68 Å². The van der Waals surface area contributed by atoms with Crippen LogP contribution < -0.4 is 0 Å². The van der Waals surface area contributed by atoms with Crippen LogP contribution in [-0.2, 0) is 12.7 Å². The van der Waals surface area contributed by atoms with E-state index in [0.29, 0.717) is 25.2 Å². The average molecular weight is 411 g/mol. The molecule has 2 heterocycles. The predicted molar refractivity (Wildman–Crippen MR) is 99.1 cm³/mol. The number of likely N-dealkylation sites (N-methyl/N-ethyl adjacent to an activating group) is 1. The Morgan fingerprint density at radius 2 is 2.03 bits per heavy atom. The number of likely N-dealkylation sites (tertiary alicyclic amines) is 1. The third-order valence-electron chi connectivity index (χ3n) is 5.10. The van der Waals surface area contributed by atoms with Gasteiger partial charge in [0, 0.05) is 33.2 Å². The van der Waals surface area contributed by atoms with Crippen LogP contribution in [0, 0.1) is 0 Å². The van der Waals surface area contributed by atoms with Crippen molar-refractivity contribution in [1.82, 2.24) is 24.8 Å². The van der Waals surface area contributed by atoms with Crippen molar-refractivity contribution in [2.45, 2.75) is 31.6 Å². The Kier molecular flexibility index (Phi) is 6.53. The topological polar surface area (TPSA) is 74.5 Å². The molecule has 1 amide bonds. The number of halogens is 3. The third kappa shape index (κ3) is 5.33. The van der Waals surface area contributed by atoms with Crippen molar-refractivity contribution in [1.29, 1.82) is 0 Å². The highest BCUT2D eigenvalue weighted by atomic mass is 19.4. The van der Waals surface area contributed by atoms with Crippen molar-refractivity contribution in [2.24, 2.45) is 0 Å². The number of aliphatic hydroxyl groups excluding tert-OH is 1. The minimum absolute atomic E-state index is 0.0879. The molecule has 29 heavy (non-hydrogen) atoms. The van der Waals surface area contributed by atoms with Crippen molar-refractivity contribution in [3.63, 3.8) is 0 Å². The van der Waals surface area contributed by atoms with Gasteiger partial charge in [-0.2, -0.15) is 13.2 Å². The molecule has 7 nitrogen and oxygen atoms in total. The number of piperidine rings is 1. The van der Waals surface area contributed by atoms with Crippen LogP contribution in [0.3, 0.4) is 0 Å². The molecule has 0 aliphatic carbocycles. The van der Waals surface area contributed by atoms with E-state index in [9.17, 15) is 18.0 Å². The summed E-state index contributed by atoms with van der Waals surface area (Å²) in [7, 11) is 1.59. The molecule has 1 N–H and O–H groups in total. The van der Waals surface area contributed by atoms with E-state index in [1.54, 1.807) is 24.0 Å². The number of aliphatic hydroxyl groups is 1. The summed E-state index contributed by atoms with van der Waals surface area (Å²) in [5.74, 6) is -0.299. The van der Waals surface area contributed by atoms with Crippen LogP contribution in [0.4, 0.5) is 13.2 Å². The fourth-order valence-corrected chi connectivity index (χ4v) is 3.45. The van der Waals surface area contributed by atoms with E-state index in [2.05, 4.69) is 15.2 Å². The lowest BCUT2D eigenvalue weighted by molar-refractivity contribution is -0.137. The Morgan fingerprint density at radius 3 is 2.69 bits per heavy atom. The van der Waals surface area contributed by atoms with E-state index in [1.807, 2.05) is 0 Å². The van der Waals surface area contributed by atoms with Crippen LogP contribution in [0.15, 0.2) is 30.5 Å². The molecular weight excluding hydrogens is 387 g/mol. The number of amides is 1. The molecule has 0 saturated carbocycles. The van der Waals surface area contributed by atoms with Gasteiger partial charge in [-0.3, -0.25) is 9.69 Å². The number of hydrogen-bond acceptors (Lipinski definition) is 5. The molecule has 0 unspecified atom stereocenters. The quantitative estimate of drug-likeness (QED) is 0.789. The summed E-state index contributed by atoms with van der Waals surface area (Å²) in [6.45, 7) is 1.99. The van der Waals surface area contributed by atoms with Gasteiger partial charge in [-0.1, -0.05) is 23.4 Å². The molecular formula is C19H24F3N5O2. The normalized spacial score (nSPS) is 16.2. The lowest BCUT2D eigenvalue weighted by Gasteiger charge is -2.31. The van der Waals surface area contributed by atoms with E-state index in [4.69, 9.17) is 5.11 Å². The Morgan fingerprint density at radius 1 is 1.31 bits per heavy atom.